The van der Waals surface area contributed by atoms with E-state index in [0.29, 0.717) is 24.5 Å². The summed E-state index contributed by atoms with van der Waals surface area (Å²) in [5.41, 5.74) is 3.34. The standard InChI is InChI=1S/C27H27N3O4/c1-32-22-12-13-25(33-2)23(16-22)24-6-5-15-30(24)27(31)19-8-10-21(11-9-19)34-18-20-17-29-14-4-3-7-26(29)28-20/h3-4,7-14,16-17,24H,5-6,15,18H2,1-2H3. The molecule has 1 aliphatic heterocycles. The Morgan fingerprint density at radius 1 is 1.03 bits per heavy atom. The van der Waals surface area contributed by atoms with Crippen LogP contribution < -0.4 is 14.2 Å². The van der Waals surface area contributed by atoms with Gasteiger partial charge in [0, 0.05) is 30.1 Å². The van der Waals surface area contributed by atoms with Crippen LogP contribution in [0.5, 0.6) is 17.2 Å². The number of methoxy groups -OCH3 is 2. The summed E-state index contributed by atoms with van der Waals surface area (Å²) in [6, 6.07) is 18.9. The Hall–Kier alpha value is -4.00. The van der Waals surface area contributed by atoms with Crippen molar-refractivity contribution >= 4 is 11.6 Å². The third-order valence-electron chi connectivity index (χ3n) is 6.21. The number of ether oxygens (including phenoxy) is 3. The molecule has 1 fully saturated rings. The predicted molar refractivity (Wildman–Crippen MR) is 129 cm³/mol. The van der Waals surface area contributed by atoms with Crippen LogP contribution in [0.2, 0.25) is 0 Å². The minimum absolute atomic E-state index is 0.000672. The fourth-order valence-corrected chi connectivity index (χ4v) is 4.51. The number of likely N-dealkylation sites (tertiary alicyclic amines) is 1. The molecule has 0 N–H and O–H groups in total. The molecule has 1 saturated heterocycles. The third kappa shape index (κ3) is 4.29. The number of hydrogen-bond acceptors (Lipinski definition) is 5. The topological polar surface area (TPSA) is 65.3 Å². The Labute approximate surface area is 198 Å². The van der Waals surface area contributed by atoms with Gasteiger partial charge >= 0.3 is 0 Å². The van der Waals surface area contributed by atoms with Gasteiger partial charge in [0.15, 0.2) is 0 Å². The molecular weight excluding hydrogens is 430 g/mol. The largest absolute Gasteiger partial charge is 0.497 e. The van der Waals surface area contributed by atoms with E-state index in [1.807, 2.05) is 82.4 Å². The number of nitrogens with zero attached hydrogens (tertiary/aromatic N) is 3. The molecule has 0 radical (unpaired) electrons. The van der Waals surface area contributed by atoms with Gasteiger partial charge in [-0.15, -0.1) is 0 Å². The average Bonchev–Trinajstić information content (AvgIpc) is 3.54. The average molecular weight is 458 g/mol. The first kappa shape index (κ1) is 21.8. The van der Waals surface area contributed by atoms with Crippen LogP contribution in [0.25, 0.3) is 5.65 Å². The molecule has 7 heteroatoms. The molecule has 2 aromatic carbocycles. The van der Waals surface area contributed by atoms with Crippen LogP contribution in [0.1, 0.15) is 40.5 Å². The number of rotatable bonds is 7. The van der Waals surface area contributed by atoms with Gasteiger partial charge in [0.1, 0.15) is 29.5 Å². The molecular formula is C27H27N3O4. The van der Waals surface area contributed by atoms with Gasteiger partial charge in [-0.25, -0.2) is 4.98 Å². The number of carbonyl (C=O) groups is 1. The van der Waals surface area contributed by atoms with Gasteiger partial charge < -0.3 is 23.5 Å². The van der Waals surface area contributed by atoms with Crippen LogP contribution in [-0.2, 0) is 6.61 Å². The molecule has 0 spiro atoms. The number of aromatic nitrogens is 2. The lowest BCUT2D eigenvalue weighted by Gasteiger charge is -2.27. The van der Waals surface area contributed by atoms with Crippen LogP contribution in [0, 0.1) is 0 Å². The molecule has 5 rings (SSSR count). The van der Waals surface area contributed by atoms with E-state index in [-0.39, 0.29) is 11.9 Å². The summed E-state index contributed by atoms with van der Waals surface area (Å²) >= 11 is 0. The maximum atomic E-state index is 13.4. The number of carbonyl (C=O) groups excluding carboxylic acids is 1. The molecule has 3 heterocycles. The highest BCUT2D eigenvalue weighted by molar-refractivity contribution is 5.94. The molecule has 0 bridgehead atoms. The van der Waals surface area contributed by atoms with E-state index in [0.717, 1.165) is 41.2 Å². The van der Waals surface area contributed by atoms with Crippen molar-refractivity contribution in [1.29, 1.82) is 0 Å². The highest BCUT2D eigenvalue weighted by Crippen LogP contribution is 2.39. The highest BCUT2D eigenvalue weighted by atomic mass is 16.5. The van der Waals surface area contributed by atoms with Gasteiger partial charge in [-0.05, 0) is 67.4 Å². The second-order valence-electron chi connectivity index (χ2n) is 8.28. The lowest BCUT2D eigenvalue weighted by Crippen LogP contribution is -2.30. The van der Waals surface area contributed by atoms with Crippen molar-refractivity contribution in [3.63, 3.8) is 0 Å². The molecule has 0 saturated carbocycles. The second kappa shape index (κ2) is 9.47. The van der Waals surface area contributed by atoms with Crippen molar-refractivity contribution < 1.29 is 19.0 Å². The molecule has 1 unspecified atom stereocenters. The molecule has 7 nitrogen and oxygen atoms in total. The first-order valence-corrected chi connectivity index (χ1v) is 11.3. The fourth-order valence-electron chi connectivity index (χ4n) is 4.51. The maximum Gasteiger partial charge on any atom is 0.254 e. The second-order valence-corrected chi connectivity index (χ2v) is 8.28. The Morgan fingerprint density at radius 2 is 1.85 bits per heavy atom. The molecule has 34 heavy (non-hydrogen) atoms. The van der Waals surface area contributed by atoms with E-state index in [1.54, 1.807) is 14.2 Å². The zero-order chi connectivity index (χ0) is 23.5. The molecule has 1 amide bonds. The third-order valence-corrected chi connectivity index (χ3v) is 6.21. The Kier molecular flexibility index (Phi) is 6.08. The fraction of sp³-hybridized carbons (Fsp3) is 0.259. The van der Waals surface area contributed by atoms with E-state index in [4.69, 9.17) is 14.2 Å². The number of fused-ring (bicyclic) bond motifs is 1. The van der Waals surface area contributed by atoms with E-state index in [2.05, 4.69) is 4.98 Å². The van der Waals surface area contributed by atoms with Crippen LogP contribution >= 0.6 is 0 Å². The molecule has 174 valence electrons. The lowest BCUT2D eigenvalue weighted by atomic mass is 10.0. The number of pyridine rings is 1. The maximum absolute atomic E-state index is 13.4. The van der Waals surface area contributed by atoms with Gasteiger partial charge in [0.05, 0.1) is 26.0 Å². The first-order chi connectivity index (χ1) is 16.7. The Bertz CT molecular complexity index is 1270. The van der Waals surface area contributed by atoms with E-state index in [1.165, 1.54) is 0 Å². The number of imidazole rings is 1. The summed E-state index contributed by atoms with van der Waals surface area (Å²) in [4.78, 5) is 19.8. The summed E-state index contributed by atoms with van der Waals surface area (Å²) in [7, 11) is 3.29. The van der Waals surface area contributed by atoms with Crippen molar-refractivity contribution in [2.24, 2.45) is 0 Å². The summed E-state index contributed by atoms with van der Waals surface area (Å²) in [5, 5.41) is 0. The van der Waals surface area contributed by atoms with E-state index >= 15 is 0 Å². The quantitative estimate of drug-likeness (QED) is 0.395. The van der Waals surface area contributed by atoms with Crippen molar-refractivity contribution in [1.82, 2.24) is 14.3 Å². The van der Waals surface area contributed by atoms with Crippen LogP contribution in [-0.4, -0.2) is 41.0 Å². The SMILES string of the molecule is COc1ccc(OC)c(C2CCCN2C(=O)c2ccc(OCc3cn4ccccc4n3)cc2)c1. The zero-order valence-electron chi connectivity index (χ0n) is 19.3. The summed E-state index contributed by atoms with van der Waals surface area (Å²) in [6.07, 6.45) is 5.74. The van der Waals surface area contributed by atoms with Crippen molar-refractivity contribution in [2.45, 2.75) is 25.5 Å². The lowest BCUT2D eigenvalue weighted by molar-refractivity contribution is 0.0734. The molecule has 4 aromatic rings. The number of benzene rings is 2. The minimum atomic E-state index is -0.0523. The van der Waals surface area contributed by atoms with Gasteiger partial charge in [0.25, 0.3) is 5.91 Å². The molecule has 0 aliphatic carbocycles. The van der Waals surface area contributed by atoms with Crippen LogP contribution in [0.15, 0.2) is 73.1 Å². The van der Waals surface area contributed by atoms with Gasteiger partial charge in [-0.3, -0.25) is 4.79 Å². The number of hydrogen-bond donors (Lipinski definition) is 0. The monoisotopic (exact) mass is 457 g/mol. The molecule has 2 aromatic heterocycles. The first-order valence-electron chi connectivity index (χ1n) is 11.3. The Balaban J connectivity index is 1.29. The normalized spacial score (nSPS) is 15.5. The van der Waals surface area contributed by atoms with E-state index < -0.39 is 0 Å². The van der Waals surface area contributed by atoms with Gasteiger partial charge in [-0.2, -0.15) is 0 Å². The molecule has 1 atom stereocenters. The van der Waals surface area contributed by atoms with Gasteiger partial charge in [-0.1, -0.05) is 6.07 Å². The summed E-state index contributed by atoms with van der Waals surface area (Å²) < 4.78 is 18.8. The minimum Gasteiger partial charge on any atom is -0.497 e. The summed E-state index contributed by atoms with van der Waals surface area (Å²) in [6.45, 7) is 1.06. The van der Waals surface area contributed by atoms with Crippen molar-refractivity contribution in [3.05, 3.63) is 89.9 Å². The predicted octanol–water partition coefficient (Wildman–Crippen LogP) is 4.91. The smallest absolute Gasteiger partial charge is 0.254 e. The Morgan fingerprint density at radius 3 is 2.62 bits per heavy atom. The zero-order valence-corrected chi connectivity index (χ0v) is 19.3. The van der Waals surface area contributed by atoms with E-state index in [9.17, 15) is 4.79 Å². The van der Waals surface area contributed by atoms with Crippen molar-refractivity contribution in [3.8, 4) is 17.2 Å². The summed E-state index contributed by atoms with van der Waals surface area (Å²) in [5.74, 6) is 2.21. The molecule has 1 aliphatic rings. The highest BCUT2D eigenvalue weighted by Gasteiger charge is 2.32. The van der Waals surface area contributed by atoms with Crippen molar-refractivity contribution in [2.75, 3.05) is 20.8 Å². The number of amides is 1. The van der Waals surface area contributed by atoms with Crippen LogP contribution in [0.4, 0.5) is 0 Å². The van der Waals surface area contributed by atoms with Crippen LogP contribution in [0.3, 0.4) is 0 Å². The van der Waals surface area contributed by atoms with Gasteiger partial charge in [0.2, 0.25) is 0 Å².